The van der Waals surface area contributed by atoms with Gasteiger partial charge >= 0.3 is 0 Å². The molecule has 0 bridgehead atoms. The minimum absolute atomic E-state index is 0.0261. The van der Waals surface area contributed by atoms with Crippen molar-refractivity contribution in [2.75, 3.05) is 10.0 Å². The number of halogens is 1. The maximum absolute atomic E-state index is 12.4. The number of sulfonamides is 1. The van der Waals surface area contributed by atoms with Gasteiger partial charge < -0.3 is 5.32 Å². The molecule has 5 nitrogen and oxygen atoms in total. The number of nitrogens with one attached hydrogen (secondary N) is 2. The average Bonchev–Trinajstić information content (AvgIpc) is 2.58. The fraction of sp³-hybridized carbons (Fsp3) is 0. The van der Waals surface area contributed by atoms with Crippen LogP contribution in [0.5, 0.6) is 0 Å². The van der Waals surface area contributed by atoms with E-state index in [1.54, 1.807) is 24.3 Å². The van der Waals surface area contributed by atoms with Crippen molar-refractivity contribution >= 4 is 38.8 Å². The standard InChI is InChI=1S/C17H14ClN3O2S/c18-15-8-4-5-9-16(15)24(22,23)21-14-10-11-17(19-12-14)20-13-6-2-1-3-7-13/h1-12,21H,(H,19,20). The highest BCUT2D eigenvalue weighted by atomic mass is 35.5. The molecule has 24 heavy (non-hydrogen) atoms. The summed E-state index contributed by atoms with van der Waals surface area (Å²) in [6.45, 7) is 0. The van der Waals surface area contributed by atoms with Gasteiger partial charge in [0.1, 0.15) is 10.7 Å². The molecule has 122 valence electrons. The van der Waals surface area contributed by atoms with Crippen LogP contribution in [-0.2, 0) is 10.0 Å². The van der Waals surface area contributed by atoms with Gasteiger partial charge in [0.05, 0.1) is 16.9 Å². The van der Waals surface area contributed by atoms with Crippen LogP contribution in [0, 0.1) is 0 Å². The SMILES string of the molecule is O=S(=O)(Nc1ccc(Nc2ccccc2)nc1)c1ccccc1Cl. The number of anilines is 3. The van der Waals surface area contributed by atoms with Crippen LogP contribution in [0.25, 0.3) is 0 Å². The topological polar surface area (TPSA) is 71.1 Å². The average molecular weight is 360 g/mol. The minimum atomic E-state index is -3.76. The molecule has 3 aromatic rings. The quantitative estimate of drug-likeness (QED) is 0.713. The van der Waals surface area contributed by atoms with Gasteiger partial charge in [0.25, 0.3) is 10.0 Å². The highest BCUT2D eigenvalue weighted by Crippen LogP contribution is 2.23. The van der Waals surface area contributed by atoms with Crippen LogP contribution in [0.4, 0.5) is 17.2 Å². The molecular formula is C17H14ClN3O2S. The number of aromatic nitrogens is 1. The Bertz CT molecular complexity index is 930. The third-order valence-electron chi connectivity index (χ3n) is 3.19. The molecule has 0 saturated carbocycles. The van der Waals surface area contributed by atoms with Crippen LogP contribution in [0.3, 0.4) is 0 Å². The highest BCUT2D eigenvalue weighted by molar-refractivity contribution is 7.92. The fourth-order valence-electron chi connectivity index (χ4n) is 2.07. The molecule has 1 aromatic heterocycles. The van der Waals surface area contributed by atoms with E-state index >= 15 is 0 Å². The molecule has 2 N–H and O–H groups in total. The van der Waals surface area contributed by atoms with Crippen molar-refractivity contribution in [3.8, 4) is 0 Å². The van der Waals surface area contributed by atoms with E-state index in [0.29, 0.717) is 11.5 Å². The minimum Gasteiger partial charge on any atom is -0.340 e. The first-order valence-corrected chi connectivity index (χ1v) is 8.96. The van der Waals surface area contributed by atoms with E-state index in [2.05, 4.69) is 15.0 Å². The van der Waals surface area contributed by atoms with Gasteiger partial charge in [0, 0.05) is 5.69 Å². The lowest BCUT2D eigenvalue weighted by Gasteiger charge is -2.10. The summed E-state index contributed by atoms with van der Waals surface area (Å²) in [5.74, 6) is 0.613. The van der Waals surface area contributed by atoms with Gasteiger partial charge in [0.2, 0.25) is 0 Å². The molecule has 1 heterocycles. The van der Waals surface area contributed by atoms with E-state index in [1.165, 1.54) is 18.3 Å². The van der Waals surface area contributed by atoms with Crippen molar-refractivity contribution < 1.29 is 8.42 Å². The van der Waals surface area contributed by atoms with Crippen molar-refractivity contribution in [1.82, 2.24) is 4.98 Å². The van der Waals surface area contributed by atoms with Gasteiger partial charge in [-0.25, -0.2) is 13.4 Å². The van der Waals surface area contributed by atoms with Crippen molar-refractivity contribution in [3.63, 3.8) is 0 Å². The van der Waals surface area contributed by atoms with Gasteiger partial charge in [-0.1, -0.05) is 41.9 Å². The smallest absolute Gasteiger partial charge is 0.263 e. The molecule has 0 saturated heterocycles. The predicted molar refractivity (Wildman–Crippen MR) is 96.2 cm³/mol. The van der Waals surface area contributed by atoms with Crippen molar-refractivity contribution in [3.05, 3.63) is 77.9 Å². The molecule has 0 aliphatic rings. The molecule has 0 aliphatic heterocycles. The normalized spacial score (nSPS) is 11.0. The molecule has 0 atom stereocenters. The van der Waals surface area contributed by atoms with Crippen LogP contribution < -0.4 is 10.0 Å². The summed E-state index contributed by atoms with van der Waals surface area (Å²) in [7, 11) is -3.76. The van der Waals surface area contributed by atoms with Gasteiger partial charge in [-0.3, -0.25) is 4.72 Å². The predicted octanol–water partition coefficient (Wildman–Crippen LogP) is 4.28. The Morgan fingerprint density at radius 1 is 0.833 bits per heavy atom. The number of nitrogens with zero attached hydrogens (tertiary/aromatic N) is 1. The first-order valence-electron chi connectivity index (χ1n) is 7.10. The van der Waals surface area contributed by atoms with E-state index in [-0.39, 0.29) is 9.92 Å². The number of rotatable bonds is 5. The second-order valence-corrected chi connectivity index (χ2v) is 7.02. The third kappa shape index (κ3) is 3.84. The Kier molecular flexibility index (Phi) is 4.69. The van der Waals surface area contributed by atoms with E-state index in [9.17, 15) is 8.42 Å². The monoisotopic (exact) mass is 359 g/mol. The Morgan fingerprint density at radius 2 is 1.54 bits per heavy atom. The van der Waals surface area contributed by atoms with E-state index < -0.39 is 10.0 Å². The summed E-state index contributed by atoms with van der Waals surface area (Å²) in [6.07, 6.45) is 1.44. The molecule has 0 aliphatic carbocycles. The summed E-state index contributed by atoms with van der Waals surface area (Å²) >= 11 is 5.95. The Hall–Kier alpha value is -2.57. The lowest BCUT2D eigenvalue weighted by atomic mass is 10.3. The second-order valence-electron chi connectivity index (χ2n) is 4.96. The molecule has 2 aromatic carbocycles. The van der Waals surface area contributed by atoms with Gasteiger partial charge in [-0.05, 0) is 36.4 Å². The molecular weight excluding hydrogens is 346 g/mol. The Balaban J connectivity index is 1.76. The zero-order valence-corrected chi connectivity index (χ0v) is 14.1. The lowest BCUT2D eigenvalue weighted by Crippen LogP contribution is -2.13. The number of hydrogen-bond donors (Lipinski definition) is 2. The summed E-state index contributed by atoms with van der Waals surface area (Å²) < 4.78 is 27.2. The number of benzene rings is 2. The summed E-state index contributed by atoms with van der Waals surface area (Å²) in [5, 5.41) is 3.29. The molecule has 0 amide bonds. The summed E-state index contributed by atoms with van der Waals surface area (Å²) in [6, 6.07) is 19.2. The van der Waals surface area contributed by atoms with Crippen LogP contribution in [0.1, 0.15) is 0 Å². The molecule has 0 radical (unpaired) electrons. The van der Waals surface area contributed by atoms with Crippen LogP contribution in [-0.4, -0.2) is 13.4 Å². The second kappa shape index (κ2) is 6.90. The molecule has 0 spiro atoms. The van der Waals surface area contributed by atoms with Gasteiger partial charge in [0.15, 0.2) is 0 Å². The number of pyridine rings is 1. The molecule has 0 unspecified atom stereocenters. The molecule has 3 rings (SSSR count). The molecule has 7 heteroatoms. The fourth-order valence-corrected chi connectivity index (χ4v) is 3.63. The summed E-state index contributed by atoms with van der Waals surface area (Å²) in [4.78, 5) is 4.23. The molecule has 0 fully saturated rings. The zero-order chi connectivity index (χ0) is 17.0. The third-order valence-corrected chi connectivity index (χ3v) is 5.07. The van der Waals surface area contributed by atoms with Gasteiger partial charge in [-0.15, -0.1) is 0 Å². The largest absolute Gasteiger partial charge is 0.340 e. The van der Waals surface area contributed by atoms with E-state index in [4.69, 9.17) is 11.6 Å². The van der Waals surface area contributed by atoms with Crippen LogP contribution in [0.2, 0.25) is 5.02 Å². The van der Waals surface area contributed by atoms with Crippen molar-refractivity contribution in [2.24, 2.45) is 0 Å². The van der Waals surface area contributed by atoms with E-state index in [0.717, 1.165) is 5.69 Å². The maximum Gasteiger partial charge on any atom is 0.263 e. The van der Waals surface area contributed by atoms with Crippen molar-refractivity contribution in [2.45, 2.75) is 4.90 Å². The van der Waals surface area contributed by atoms with Gasteiger partial charge in [-0.2, -0.15) is 0 Å². The van der Waals surface area contributed by atoms with Crippen LogP contribution in [0.15, 0.2) is 77.8 Å². The first-order chi connectivity index (χ1) is 11.5. The number of para-hydroxylation sites is 1. The number of hydrogen-bond acceptors (Lipinski definition) is 4. The first kappa shape index (κ1) is 16.3. The van der Waals surface area contributed by atoms with Crippen molar-refractivity contribution in [1.29, 1.82) is 0 Å². The maximum atomic E-state index is 12.4. The summed E-state index contributed by atoms with van der Waals surface area (Å²) in [5.41, 5.74) is 1.25. The Labute approximate surface area is 145 Å². The lowest BCUT2D eigenvalue weighted by molar-refractivity contribution is 0.601. The van der Waals surface area contributed by atoms with E-state index in [1.807, 2.05) is 30.3 Å². The zero-order valence-electron chi connectivity index (χ0n) is 12.5. The van der Waals surface area contributed by atoms with Crippen LogP contribution >= 0.6 is 11.6 Å². The Morgan fingerprint density at radius 3 is 2.21 bits per heavy atom. The highest BCUT2D eigenvalue weighted by Gasteiger charge is 2.17.